The minimum absolute atomic E-state index is 0.186. The molecular weight excluding hydrogens is 296 g/mol. The van der Waals surface area contributed by atoms with Crippen LogP contribution in [0.15, 0.2) is 42.5 Å². The SMILES string of the molecule is COC(=O)c1ccc(N)c(NC(=O)Cc2ccc(OC)cc2)c1. The van der Waals surface area contributed by atoms with Gasteiger partial charge in [-0.15, -0.1) is 0 Å². The summed E-state index contributed by atoms with van der Waals surface area (Å²) in [6, 6.07) is 11.8. The van der Waals surface area contributed by atoms with Gasteiger partial charge in [-0.3, -0.25) is 4.79 Å². The highest BCUT2D eigenvalue weighted by atomic mass is 16.5. The number of nitrogen functional groups attached to an aromatic ring is 1. The van der Waals surface area contributed by atoms with Crippen LogP contribution in [0.3, 0.4) is 0 Å². The van der Waals surface area contributed by atoms with Gasteiger partial charge in [0.1, 0.15) is 5.75 Å². The maximum Gasteiger partial charge on any atom is 0.337 e. The molecule has 2 aromatic carbocycles. The molecule has 0 aromatic heterocycles. The molecule has 2 rings (SSSR count). The zero-order chi connectivity index (χ0) is 16.8. The molecular formula is C17H18N2O4. The minimum atomic E-state index is -0.490. The molecule has 6 heteroatoms. The topological polar surface area (TPSA) is 90.6 Å². The van der Waals surface area contributed by atoms with Crippen molar-refractivity contribution in [3.05, 3.63) is 53.6 Å². The molecule has 0 saturated heterocycles. The molecule has 0 aliphatic heterocycles. The Morgan fingerprint density at radius 2 is 1.78 bits per heavy atom. The van der Waals surface area contributed by atoms with Crippen molar-refractivity contribution >= 4 is 23.3 Å². The van der Waals surface area contributed by atoms with Gasteiger partial charge in [-0.05, 0) is 35.9 Å². The van der Waals surface area contributed by atoms with Gasteiger partial charge in [0.2, 0.25) is 5.91 Å². The van der Waals surface area contributed by atoms with Crippen molar-refractivity contribution < 1.29 is 19.1 Å². The first-order valence-electron chi connectivity index (χ1n) is 6.94. The molecule has 0 aliphatic carbocycles. The van der Waals surface area contributed by atoms with Gasteiger partial charge >= 0.3 is 5.97 Å². The standard InChI is InChI=1S/C17H18N2O4/c1-22-13-6-3-11(4-7-13)9-16(20)19-15-10-12(17(21)23-2)5-8-14(15)18/h3-8,10H,9,18H2,1-2H3,(H,19,20). The van der Waals surface area contributed by atoms with Gasteiger partial charge in [-0.1, -0.05) is 12.1 Å². The number of benzene rings is 2. The highest BCUT2D eigenvalue weighted by molar-refractivity contribution is 5.98. The summed E-state index contributed by atoms with van der Waals surface area (Å²) in [4.78, 5) is 23.7. The summed E-state index contributed by atoms with van der Waals surface area (Å²) in [6.07, 6.45) is 0.186. The number of carbonyl (C=O) groups excluding carboxylic acids is 2. The number of carbonyl (C=O) groups is 2. The van der Waals surface area contributed by atoms with Crippen molar-refractivity contribution in [2.24, 2.45) is 0 Å². The van der Waals surface area contributed by atoms with Crippen LogP contribution in [0.4, 0.5) is 11.4 Å². The largest absolute Gasteiger partial charge is 0.497 e. The summed E-state index contributed by atoms with van der Waals surface area (Å²) in [5.41, 5.74) is 7.74. The van der Waals surface area contributed by atoms with Gasteiger partial charge in [0, 0.05) is 0 Å². The van der Waals surface area contributed by atoms with Crippen LogP contribution in [0.25, 0.3) is 0 Å². The summed E-state index contributed by atoms with van der Waals surface area (Å²) < 4.78 is 9.72. The van der Waals surface area contributed by atoms with Gasteiger partial charge in [0.15, 0.2) is 0 Å². The fourth-order valence-corrected chi connectivity index (χ4v) is 2.03. The van der Waals surface area contributed by atoms with E-state index in [0.29, 0.717) is 16.9 Å². The summed E-state index contributed by atoms with van der Waals surface area (Å²) in [5, 5.41) is 2.70. The van der Waals surface area contributed by atoms with Crippen LogP contribution in [0.1, 0.15) is 15.9 Å². The number of methoxy groups -OCH3 is 2. The van der Waals surface area contributed by atoms with Gasteiger partial charge in [0.05, 0.1) is 37.6 Å². The van der Waals surface area contributed by atoms with E-state index in [4.69, 9.17) is 10.5 Å². The predicted octanol–water partition coefficient (Wildman–Crippen LogP) is 2.25. The molecule has 0 atom stereocenters. The van der Waals surface area contributed by atoms with Crippen LogP contribution in [0, 0.1) is 0 Å². The number of hydrogen-bond acceptors (Lipinski definition) is 5. The third-order valence-electron chi connectivity index (χ3n) is 3.27. The Bertz CT molecular complexity index is 711. The fourth-order valence-electron chi connectivity index (χ4n) is 2.03. The van der Waals surface area contributed by atoms with E-state index in [1.54, 1.807) is 31.4 Å². The summed E-state index contributed by atoms with van der Waals surface area (Å²) in [7, 11) is 2.87. The van der Waals surface area contributed by atoms with E-state index in [1.807, 2.05) is 12.1 Å². The Hall–Kier alpha value is -3.02. The number of rotatable bonds is 5. The van der Waals surface area contributed by atoms with E-state index in [9.17, 15) is 9.59 Å². The lowest BCUT2D eigenvalue weighted by molar-refractivity contribution is -0.115. The molecule has 0 unspecified atom stereocenters. The average molecular weight is 314 g/mol. The van der Waals surface area contributed by atoms with Crippen molar-refractivity contribution in [2.45, 2.75) is 6.42 Å². The summed E-state index contributed by atoms with van der Waals surface area (Å²) in [5.74, 6) is 0.00344. The third-order valence-corrected chi connectivity index (χ3v) is 3.27. The zero-order valence-corrected chi connectivity index (χ0v) is 13.0. The van der Waals surface area contributed by atoms with Crippen LogP contribution >= 0.6 is 0 Å². The van der Waals surface area contributed by atoms with E-state index >= 15 is 0 Å². The third kappa shape index (κ3) is 4.23. The number of hydrogen-bond donors (Lipinski definition) is 2. The molecule has 120 valence electrons. The van der Waals surface area contributed by atoms with E-state index in [0.717, 1.165) is 11.3 Å². The van der Waals surface area contributed by atoms with Crippen molar-refractivity contribution in [3.8, 4) is 5.75 Å². The lowest BCUT2D eigenvalue weighted by atomic mass is 10.1. The Morgan fingerprint density at radius 1 is 1.09 bits per heavy atom. The van der Waals surface area contributed by atoms with Crippen LogP contribution in [-0.4, -0.2) is 26.1 Å². The normalized spacial score (nSPS) is 10.0. The number of ether oxygens (including phenoxy) is 2. The minimum Gasteiger partial charge on any atom is -0.497 e. The fraction of sp³-hybridized carbons (Fsp3) is 0.176. The molecule has 3 N–H and O–H groups in total. The second kappa shape index (κ2) is 7.31. The highest BCUT2D eigenvalue weighted by Crippen LogP contribution is 2.21. The molecule has 0 saturated carbocycles. The van der Waals surface area contributed by atoms with Gasteiger partial charge in [-0.25, -0.2) is 4.79 Å². The number of nitrogens with two attached hydrogens (primary N) is 1. The Morgan fingerprint density at radius 3 is 2.39 bits per heavy atom. The monoisotopic (exact) mass is 314 g/mol. The molecule has 0 fully saturated rings. The zero-order valence-electron chi connectivity index (χ0n) is 13.0. The lowest BCUT2D eigenvalue weighted by Gasteiger charge is -2.10. The van der Waals surface area contributed by atoms with E-state index < -0.39 is 5.97 Å². The maximum atomic E-state index is 12.1. The second-order valence-electron chi connectivity index (χ2n) is 4.87. The smallest absolute Gasteiger partial charge is 0.337 e. The van der Waals surface area contributed by atoms with Crippen LogP contribution < -0.4 is 15.8 Å². The van der Waals surface area contributed by atoms with E-state index in [-0.39, 0.29) is 12.3 Å². The first kappa shape index (κ1) is 16.4. The molecule has 0 radical (unpaired) electrons. The predicted molar refractivity (Wildman–Crippen MR) is 87.5 cm³/mol. The van der Waals surface area contributed by atoms with Gasteiger partial charge < -0.3 is 20.5 Å². The van der Waals surface area contributed by atoms with E-state index in [1.165, 1.54) is 13.2 Å². The molecule has 1 amide bonds. The highest BCUT2D eigenvalue weighted by Gasteiger charge is 2.11. The Kier molecular flexibility index (Phi) is 5.19. The lowest BCUT2D eigenvalue weighted by Crippen LogP contribution is -2.16. The van der Waals surface area contributed by atoms with Crippen molar-refractivity contribution in [1.82, 2.24) is 0 Å². The first-order chi connectivity index (χ1) is 11.0. The van der Waals surface area contributed by atoms with E-state index in [2.05, 4.69) is 10.1 Å². The number of nitrogens with one attached hydrogen (secondary N) is 1. The number of anilines is 2. The first-order valence-corrected chi connectivity index (χ1v) is 6.94. The van der Waals surface area contributed by atoms with Gasteiger partial charge in [0.25, 0.3) is 0 Å². The molecule has 0 bridgehead atoms. The quantitative estimate of drug-likeness (QED) is 0.652. The molecule has 0 aliphatic rings. The molecule has 2 aromatic rings. The molecule has 6 nitrogen and oxygen atoms in total. The van der Waals surface area contributed by atoms with Crippen LogP contribution in [0.5, 0.6) is 5.75 Å². The second-order valence-corrected chi connectivity index (χ2v) is 4.87. The van der Waals surface area contributed by atoms with Crippen molar-refractivity contribution in [3.63, 3.8) is 0 Å². The van der Waals surface area contributed by atoms with Gasteiger partial charge in [-0.2, -0.15) is 0 Å². The average Bonchev–Trinajstić information content (AvgIpc) is 2.56. The molecule has 23 heavy (non-hydrogen) atoms. The molecule has 0 spiro atoms. The molecule has 0 heterocycles. The van der Waals surface area contributed by atoms with Crippen LogP contribution in [-0.2, 0) is 16.0 Å². The maximum absolute atomic E-state index is 12.1. The summed E-state index contributed by atoms with van der Waals surface area (Å²) >= 11 is 0. The Balaban J connectivity index is 2.08. The number of esters is 1. The van der Waals surface area contributed by atoms with Crippen molar-refractivity contribution in [1.29, 1.82) is 0 Å². The Labute approximate surface area is 134 Å². The van der Waals surface area contributed by atoms with Crippen LogP contribution in [0.2, 0.25) is 0 Å². The summed E-state index contributed by atoms with van der Waals surface area (Å²) in [6.45, 7) is 0. The number of amides is 1. The van der Waals surface area contributed by atoms with Crippen molar-refractivity contribution in [2.75, 3.05) is 25.3 Å².